The van der Waals surface area contributed by atoms with Gasteiger partial charge in [-0.3, -0.25) is 0 Å². The molecule has 0 unspecified atom stereocenters. The van der Waals surface area contributed by atoms with Crippen molar-refractivity contribution in [2.75, 3.05) is 42.2 Å². The number of fused-ring (bicyclic) bond motifs is 2. The molecule has 5 rings (SSSR count). The van der Waals surface area contributed by atoms with E-state index in [0.29, 0.717) is 0 Å². The van der Waals surface area contributed by atoms with Crippen molar-refractivity contribution >= 4 is 76.7 Å². The lowest BCUT2D eigenvalue weighted by molar-refractivity contribution is 0.651. The topological polar surface area (TPSA) is 32.3 Å². The highest BCUT2D eigenvalue weighted by Crippen LogP contribution is 2.35. The quantitative estimate of drug-likeness (QED) is 0.393. The molecule has 0 aliphatic carbocycles. The molecule has 3 heterocycles. The number of piperazine rings is 1. The molecular formula is C19H17ClN4S3. The van der Waals surface area contributed by atoms with Gasteiger partial charge in [-0.2, -0.15) is 0 Å². The van der Waals surface area contributed by atoms with Crippen molar-refractivity contribution in [3.8, 4) is 0 Å². The van der Waals surface area contributed by atoms with Crippen LogP contribution in [0.3, 0.4) is 0 Å². The molecule has 0 atom stereocenters. The predicted octanol–water partition coefficient (Wildman–Crippen LogP) is 5.61. The largest absolute Gasteiger partial charge is 0.345 e. The van der Waals surface area contributed by atoms with Crippen molar-refractivity contribution < 1.29 is 0 Å². The molecule has 0 bridgehead atoms. The summed E-state index contributed by atoms with van der Waals surface area (Å²) in [6.45, 7) is 3.81. The number of anilines is 2. The molecule has 0 saturated carbocycles. The second kappa shape index (κ2) is 7.13. The zero-order chi connectivity index (χ0) is 18.4. The average molecular weight is 433 g/mol. The smallest absolute Gasteiger partial charge is 0.186 e. The maximum Gasteiger partial charge on any atom is 0.186 e. The Balaban J connectivity index is 1.34. The lowest BCUT2D eigenvalue weighted by Gasteiger charge is -2.34. The van der Waals surface area contributed by atoms with E-state index in [0.717, 1.165) is 57.2 Å². The van der Waals surface area contributed by atoms with Crippen LogP contribution in [-0.4, -0.2) is 42.4 Å². The summed E-state index contributed by atoms with van der Waals surface area (Å²) in [6.07, 6.45) is 2.11. The van der Waals surface area contributed by atoms with Gasteiger partial charge >= 0.3 is 0 Å². The number of thioether (sulfide) groups is 1. The van der Waals surface area contributed by atoms with Gasteiger partial charge < -0.3 is 9.80 Å². The van der Waals surface area contributed by atoms with E-state index < -0.39 is 0 Å². The minimum Gasteiger partial charge on any atom is -0.345 e. The van der Waals surface area contributed by atoms with Gasteiger partial charge in [-0.05, 0) is 36.6 Å². The summed E-state index contributed by atoms with van der Waals surface area (Å²) < 4.78 is 2.41. The van der Waals surface area contributed by atoms with Gasteiger partial charge in [0.2, 0.25) is 0 Å². The maximum atomic E-state index is 6.28. The van der Waals surface area contributed by atoms with E-state index in [4.69, 9.17) is 21.6 Å². The van der Waals surface area contributed by atoms with E-state index in [1.807, 2.05) is 12.1 Å². The molecule has 4 nitrogen and oxygen atoms in total. The average Bonchev–Trinajstić information content (AvgIpc) is 3.32. The molecule has 1 fully saturated rings. The molecule has 1 aliphatic rings. The zero-order valence-corrected chi connectivity index (χ0v) is 17.9. The Morgan fingerprint density at radius 2 is 1.63 bits per heavy atom. The van der Waals surface area contributed by atoms with Crippen molar-refractivity contribution in [3.63, 3.8) is 0 Å². The van der Waals surface area contributed by atoms with Crippen molar-refractivity contribution in [2.24, 2.45) is 0 Å². The Morgan fingerprint density at radius 3 is 2.33 bits per heavy atom. The minimum atomic E-state index is 0.729. The lowest BCUT2D eigenvalue weighted by Crippen LogP contribution is -2.46. The molecule has 138 valence electrons. The van der Waals surface area contributed by atoms with Gasteiger partial charge in [-0.15, -0.1) is 11.8 Å². The Labute approximate surface area is 174 Å². The fourth-order valence-electron chi connectivity index (χ4n) is 3.28. The van der Waals surface area contributed by atoms with Crippen LogP contribution >= 0.6 is 46.0 Å². The number of para-hydroxylation sites is 1. The first-order valence-corrected chi connectivity index (χ1v) is 11.9. The number of benzene rings is 2. The zero-order valence-electron chi connectivity index (χ0n) is 14.7. The number of hydrogen-bond donors (Lipinski definition) is 0. The molecule has 2 aromatic carbocycles. The van der Waals surface area contributed by atoms with Gasteiger partial charge in [-0.1, -0.05) is 40.3 Å². The first-order valence-electron chi connectivity index (χ1n) is 8.71. The number of thiazole rings is 2. The van der Waals surface area contributed by atoms with E-state index >= 15 is 0 Å². The molecule has 27 heavy (non-hydrogen) atoms. The molecule has 4 aromatic rings. The molecule has 0 N–H and O–H groups in total. The lowest BCUT2D eigenvalue weighted by atomic mass is 10.3. The Hall–Kier alpha value is -1.54. The number of halogens is 1. The van der Waals surface area contributed by atoms with Crippen LogP contribution in [0.15, 0.2) is 41.3 Å². The van der Waals surface area contributed by atoms with E-state index in [-0.39, 0.29) is 0 Å². The summed E-state index contributed by atoms with van der Waals surface area (Å²) in [5.41, 5.74) is 2.01. The monoisotopic (exact) mass is 432 g/mol. The molecular weight excluding hydrogens is 416 g/mol. The third kappa shape index (κ3) is 3.27. The van der Waals surface area contributed by atoms with Crippen LogP contribution in [0.4, 0.5) is 10.3 Å². The number of nitrogens with zero attached hydrogens (tertiary/aromatic N) is 4. The highest BCUT2D eigenvalue weighted by Gasteiger charge is 2.22. The highest BCUT2D eigenvalue weighted by atomic mass is 35.5. The van der Waals surface area contributed by atoms with Gasteiger partial charge in [0.05, 0.1) is 19.9 Å². The number of rotatable bonds is 3. The molecule has 1 aliphatic heterocycles. The molecule has 0 radical (unpaired) electrons. The summed E-state index contributed by atoms with van der Waals surface area (Å²) in [5, 5.41) is 2.91. The van der Waals surface area contributed by atoms with Crippen molar-refractivity contribution in [1.29, 1.82) is 0 Å². The van der Waals surface area contributed by atoms with E-state index in [1.54, 1.807) is 34.4 Å². The predicted molar refractivity (Wildman–Crippen MR) is 120 cm³/mol. The maximum absolute atomic E-state index is 6.28. The van der Waals surface area contributed by atoms with Crippen molar-refractivity contribution in [1.82, 2.24) is 9.97 Å². The Morgan fingerprint density at radius 1 is 0.926 bits per heavy atom. The second-order valence-corrected chi connectivity index (χ2v) is 9.69. The van der Waals surface area contributed by atoms with Crippen LogP contribution in [0.1, 0.15) is 0 Å². The standard InChI is InChI=1S/C19H17ClN4S3/c1-25-12-5-6-14-16(11-12)27-18(21-14)23-7-9-24(10-8-23)19-22-17-13(20)3-2-4-15(17)26-19/h2-6,11H,7-10H2,1H3. The minimum absolute atomic E-state index is 0.729. The number of aromatic nitrogens is 2. The van der Waals surface area contributed by atoms with Crippen molar-refractivity contribution in [2.45, 2.75) is 4.90 Å². The summed E-state index contributed by atoms with van der Waals surface area (Å²) in [4.78, 5) is 15.6. The Kier molecular flexibility index (Phi) is 4.63. The third-order valence-electron chi connectivity index (χ3n) is 4.76. The van der Waals surface area contributed by atoms with Crippen LogP contribution in [0.25, 0.3) is 20.4 Å². The Bertz CT molecular complexity index is 1110. The molecule has 1 saturated heterocycles. The van der Waals surface area contributed by atoms with Crippen molar-refractivity contribution in [3.05, 3.63) is 41.4 Å². The van der Waals surface area contributed by atoms with Gasteiger partial charge in [0, 0.05) is 31.1 Å². The third-order valence-corrected chi connectivity index (χ3v) is 7.95. The fourth-order valence-corrected chi connectivity index (χ4v) is 6.17. The van der Waals surface area contributed by atoms with Gasteiger partial charge in [0.25, 0.3) is 0 Å². The fraction of sp³-hybridized carbons (Fsp3) is 0.263. The first kappa shape index (κ1) is 17.6. The van der Waals surface area contributed by atoms with Crippen LogP contribution in [-0.2, 0) is 0 Å². The number of hydrogen-bond acceptors (Lipinski definition) is 7. The van der Waals surface area contributed by atoms with Gasteiger partial charge in [0.1, 0.15) is 5.52 Å². The molecule has 0 spiro atoms. The van der Waals surface area contributed by atoms with Crippen LogP contribution in [0.5, 0.6) is 0 Å². The van der Waals surface area contributed by atoms with Crippen LogP contribution in [0.2, 0.25) is 5.02 Å². The van der Waals surface area contributed by atoms with Crippen LogP contribution in [0, 0.1) is 0 Å². The van der Waals surface area contributed by atoms with Crippen LogP contribution < -0.4 is 9.80 Å². The first-order chi connectivity index (χ1) is 13.2. The van der Waals surface area contributed by atoms with Gasteiger partial charge in [0.15, 0.2) is 10.3 Å². The summed E-state index contributed by atoms with van der Waals surface area (Å²) in [5.74, 6) is 0. The second-order valence-electron chi connectivity index (χ2n) is 6.39. The van der Waals surface area contributed by atoms with E-state index in [1.165, 1.54) is 9.60 Å². The summed E-state index contributed by atoms with van der Waals surface area (Å²) >= 11 is 11.6. The molecule has 2 aromatic heterocycles. The SMILES string of the molecule is CSc1ccc2nc(N3CCN(c4nc5c(Cl)cccc5s4)CC3)sc2c1. The normalized spacial score (nSPS) is 15.2. The molecule has 8 heteroatoms. The van der Waals surface area contributed by atoms with Gasteiger partial charge in [-0.25, -0.2) is 9.97 Å². The highest BCUT2D eigenvalue weighted by molar-refractivity contribution is 7.98. The summed E-state index contributed by atoms with van der Waals surface area (Å²) in [7, 11) is 0. The summed E-state index contributed by atoms with van der Waals surface area (Å²) in [6, 6.07) is 12.5. The van der Waals surface area contributed by atoms with E-state index in [2.05, 4.69) is 40.3 Å². The van der Waals surface area contributed by atoms with E-state index in [9.17, 15) is 0 Å². The molecule has 0 amide bonds.